The second-order valence-electron chi connectivity index (χ2n) is 14.4. The largest absolute Gasteiger partial charge is 0.462 e. The molecule has 202 valence electrons. The molecular weight excluding hydrogens is 428 g/mol. The molecule has 0 bridgehead atoms. The number of hydrogen-bond donors (Lipinski definition) is 0. The van der Waals surface area contributed by atoms with Gasteiger partial charge in [-0.25, -0.2) is 0 Å². The molecule has 0 aromatic carbocycles. The minimum atomic E-state index is 0.0873. The lowest BCUT2D eigenvalue weighted by Gasteiger charge is -2.62. The zero-order valence-corrected chi connectivity index (χ0v) is 24.2. The first-order chi connectivity index (χ1) is 16.7. The van der Waals surface area contributed by atoms with Crippen molar-refractivity contribution in [3.05, 3.63) is 0 Å². The Labute approximate surface area is 218 Å². The van der Waals surface area contributed by atoms with Crippen LogP contribution in [0.3, 0.4) is 0 Å². The van der Waals surface area contributed by atoms with E-state index in [9.17, 15) is 4.79 Å². The van der Waals surface area contributed by atoms with Crippen molar-refractivity contribution in [3.8, 4) is 0 Å². The summed E-state index contributed by atoms with van der Waals surface area (Å²) in [5.74, 6) is 6.02. The molecule has 0 saturated heterocycles. The first-order valence-electron chi connectivity index (χ1n) is 15.9. The Kier molecular flexibility index (Phi) is 9.01. The van der Waals surface area contributed by atoms with Gasteiger partial charge in [-0.15, -0.1) is 0 Å². The topological polar surface area (TPSA) is 26.3 Å². The fraction of sp³-hybridized carbons (Fsp3) is 0.970. The summed E-state index contributed by atoms with van der Waals surface area (Å²) in [5.41, 5.74) is 0.756. The van der Waals surface area contributed by atoms with Crippen LogP contribution in [0.1, 0.15) is 144 Å². The number of unbranched alkanes of at least 4 members (excludes halogenated alkanes) is 2. The third kappa shape index (κ3) is 5.38. The zero-order chi connectivity index (χ0) is 25.2. The predicted molar refractivity (Wildman–Crippen MR) is 147 cm³/mol. The van der Waals surface area contributed by atoms with Gasteiger partial charge in [0, 0.05) is 11.8 Å². The quantitative estimate of drug-likeness (QED) is 0.227. The maximum absolute atomic E-state index is 12.8. The summed E-state index contributed by atoms with van der Waals surface area (Å²) in [4.78, 5) is 12.8. The first-order valence-corrected chi connectivity index (χ1v) is 15.9. The monoisotopic (exact) mass is 486 g/mol. The van der Waals surface area contributed by atoms with Crippen molar-refractivity contribution in [2.24, 2.45) is 52.3 Å². The van der Waals surface area contributed by atoms with E-state index in [1.807, 2.05) is 0 Å². The third-order valence-corrected chi connectivity index (χ3v) is 12.1. The summed E-state index contributed by atoms with van der Waals surface area (Å²) in [6.07, 6.45) is 20.6. The van der Waals surface area contributed by atoms with Crippen molar-refractivity contribution < 1.29 is 9.53 Å². The van der Waals surface area contributed by atoms with Crippen LogP contribution in [0.5, 0.6) is 0 Å². The molecule has 9 atom stereocenters. The maximum Gasteiger partial charge on any atom is 0.306 e. The van der Waals surface area contributed by atoms with Gasteiger partial charge >= 0.3 is 5.97 Å². The molecular formula is C33H58O2. The molecule has 0 radical (unpaired) electrons. The van der Waals surface area contributed by atoms with Gasteiger partial charge in [-0.05, 0) is 111 Å². The van der Waals surface area contributed by atoms with E-state index in [2.05, 4.69) is 41.5 Å². The lowest BCUT2D eigenvalue weighted by atomic mass is 9.44. The highest BCUT2D eigenvalue weighted by molar-refractivity contribution is 5.69. The van der Waals surface area contributed by atoms with Crippen LogP contribution in [0, 0.1) is 52.3 Å². The molecule has 4 aliphatic rings. The lowest BCUT2D eigenvalue weighted by Crippen LogP contribution is -2.58. The van der Waals surface area contributed by atoms with Crippen molar-refractivity contribution >= 4 is 5.97 Å². The number of fused-ring (bicyclic) bond motifs is 5. The molecule has 4 saturated carbocycles. The molecule has 0 aromatic rings. The molecule has 1 unspecified atom stereocenters. The summed E-state index contributed by atoms with van der Waals surface area (Å²) >= 11 is 0. The molecule has 0 spiro atoms. The van der Waals surface area contributed by atoms with Crippen LogP contribution in [0.15, 0.2) is 0 Å². The normalized spacial score (nSPS) is 41.7. The summed E-state index contributed by atoms with van der Waals surface area (Å²) < 4.78 is 6.38. The molecule has 4 rings (SSSR count). The van der Waals surface area contributed by atoms with Gasteiger partial charge in [0.15, 0.2) is 0 Å². The van der Waals surface area contributed by atoms with Crippen molar-refractivity contribution in [1.29, 1.82) is 0 Å². The van der Waals surface area contributed by atoms with Gasteiger partial charge in [-0.2, -0.15) is 0 Å². The number of ether oxygens (including phenoxy) is 1. The van der Waals surface area contributed by atoms with Crippen LogP contribution in [0.25, 0.3) is 0 Å². The van der Waals surface area contributed by atoms with Crippen LogP contribution in [0.4, 0.5) is 0 Å². The van der Waals surface area contributed by atoms with E-state index < -0.39 is 0 Å². The van der Waals surface area contributed by atoms with E-state index in [1.54, 1.807) is 0 Å². The van der Waals surface area contributed by atoms with E-state index in [4.69, 9.17) is 4.74 Å². The average Bonchev–Trinajstić information content (AvgIpc) is 3.17. The Balaban J connectivity index is 1.46. The second kappa shape index (κ2) is 11.5. The highest BCUT2D eigenvalue weighted by Crippen LogP contribution is 2.68. The predicted octanol–water partition coefficient (Wildman–Crippen LogP) is 9.60. The fourth-order valence-electron chi connectivity index (χ4n) is 10.2. The molecule has 0 aromatic heterocycles. The van der Waals surface area contributed by atoms with Crippen LogP contribution in [-0.4, -0.2) is 12.1 Å². The van der Waals surface area contributed by atoms with Crippen LogP contribution >= 0.6 is 0 Å². The van der Waals surface area contributed by atoms with Gasteiger partial charge < -0.3 is 4.74 Å². The number of carbonyl (C=O) groups excluding carboxylic acids is 1. The SMILES string of the molecule is CCCCCC(=O)OC1CCC[C@H]2CC[C@H]3[C@@H]4CC[C@H]([C@H](C)CCCC(C)C)[C@@]4(C)CC[C@@H]3[C@@]12C. The molecule has 4 fully saturated rings. The molecule has 0 N–H and O–H groups in total. The molecule has 4 aliphatic carbocycles. The number of esters is 1. The maximum atomic E-state index is 12.8. The number of rotatable bonds is 10. The Morgan fingerprint density at radius 3 is 2.43 bits per heavy atom. The van der Waals surface area contributed by atoms with E-state index in [1.165, 1.54) is 70.6 Å². The van der Waals surface area contributed by atoms with Gasteiger partial charge in [-0.3, -0.25) is 4.79 Å². The van der Waals surface area contributed by atoms with Crippen molar-refractivity contribution in [1.82, 2.24) is 0 Å². The van der Waals surface area contributed by atoms with Gasteiger partial charge in [0.2, 0.25) is 0 Å². The van der Waals surface area contributed by atoms with E-state index in [-0.39, 0.29) is 17.5 Å². The minimum Gasteiger partial charge on any atom is -0.462 e. The van der Waals surface area contributed by atoms with Gasteiger partial charge in [0.05, 0.1) is 0 Å². The second-order valence-corrected chi connectivity index (χ2v) is 14.4. The summed E-state index contributed by atoms with van der Waals surface area (Å²) in [6.45, 7) is 14.8. The van der Waals surface area contributed by atoms with E-state index in [0.717, 1.165) is 67.1 Å². The van der Waals surface area contributed by atoms with Crippen LogP contribution in [0.2, 0.25) is 0 Å². The standard InChI is InChI=1S/C33H58O2/c1-7-8-9-16-31(34)35-30-15-11-14-25-17-18-26-28-20-19-27(24(4)13-10-12-23(2)3)32(28,5)22-21-29(26)33(25,30)6/h23-30H,7-22H2,1-6H3/t24-,25+,26+,27-,28+,29+,30?,32-,33+/m1/s1. The first kappa shape index (κ1) is 27.5. The van der Waals surface area contributed by atoms with Gasteiger partial charge in [0.1, 0.15) is 6.10 Å². The summed E-state index contributed by atoms with van der Waals surface area (Å²) in [6, 6.07) is 0. The van der Waals surface area contributed by atoms with E-state index in [0.29, 0.717) is 11.8 Å². The highest BCUT2D eigenvalue weighted by atomic mass is 16.5. The van der Waals surface area contributed by atoms with Crippen LogP contribution < -0.4 is 0 Å². The summed E-state index contributed by atoms with van der Waals surface area (Å²) in [5, 5.41) is 0. The molecule has 0 amide bonds. The highest BCUT2D eigenvalue weighted by Gasteiger charge is 2.62. The number of hydrogen-bond acceptors (Lipinski definition) is 2. The lowest BCUT2D eigenvalue weighted by molar-refractivity contribution is -0.192. The van der Waals surface area contributed by atoms with Crippen molar-refractivity contribution in [2.45, 2.75) is 150 Å². The molecule has 0 aliphatic heterocycles. The molecule has 2 nitrogen and oxygen atoms in total. The molecule has 35 heavy (non-hydrogen) atoms. The zero-order valence-electron chi connectivity index (χ0n) is 24.2. The summed E-state index contributed by atoms with van der Waals surface area (Å²) in [7, 11) is 0. The minimum absolute atomic E-state index is 0.0873. The Morgan fingerprint density at radius 2 is 1.69 bits per heavy atom. The molecule has 0 heterocycles. The Hall–Kier alpha value is -0.530. The third-order valence-electron chi connectivity index (χ3n) is 12.1. The van der Waals surface area contributed by atoms with Crippen LogP contribution in [-0.2, 0) is 9.53 Å². The van der Waals surface area contributed by atoms with Crippen molar-refractivity contribution in [3.63, 3.8) is 0 Å². The molecule has 2 heteroatoms. The fourth-order valence-corrected chi connectivity index (χ4v) is 10.2. The smallest absolute Gasteiger partial charge is 0.306 e. The number of carbonyl (C=O) groups is 1. The van der Waals surface area contributed by atoms with Gasteiger partial charge in [0.25, 0.3) is 0 Å². The van der Waals surface area contributed by atoms with Crippen molar-refractivity contribution in [2.75, 3.05) is 0 Å². The Bertz CT molecular complexity index is 699. The Morgan fingerprint density at radius 1 is 0.886 bits per heavy atom. The van der Waals surface area contributed by atoms with Gasteiger partial charge in [-0.1, -0.05) is 73.6 Å². The van der Waals surface area contributed by atoms with E-state index >= 15 is 0 Å². The average molecular weight is 487 g/mol.